The lowest BCUT2D eigenvalue weighted by molar-refractivity contribution is -0.0497. The van der Waals surface area contributed by atoms with Crippen LogP contribution in [-0.4, -0.2) is 30.1 Å². The van der Waals surface area contributed by atoms with Crippen LogP contribution < -0.4 is 15.3 Å². The fourth-order valence-corrected chi connectivity index (χ4v) is 4.94. The molecule has 4 rings (SSSR count). The summed E-state index contributed by atoms with van der Waals surface area (Å²) in [4.78, 5) is 0. The summed E-state index contributed by atoms with van der Waals surface area (Å²) in [5.41, 5.74) is 2.71. The molecule has 2 aromatic carbocycles. The highest BCUT2D eigenvalue weighted by molar-refractivity contribution is 7.90. The van der Waals surface area contributed by atoms with Crippen molar-refractivity contribution in [1.29, 1.82) is 5.26 Å². The van der Waals surface area contributed by atoms with Gasteiger partial charge in [0.25, 0.3) is 0 Å². The molecule has 0 radical (unpaired) electrons. The van der Waals surface area contributed by atoms with Crippen molar-refractivity contribution in [3.63, 3.8) is 0 Å². The van der Waals surface area contributed by atoms with Gasteiger partial charge in [-0.05, 0) is 62.4 Å². The third-order valence-electron chi connectivity index (χ3n) is 5.70. The Balaban J connectivity index is 1.76. The van der Waals surface area contributed by atoms with Gasteiger partial charge < -0.3 is 9.30 Å². The second-order valence-electron chi connectivity index (χ2n) is 8.55. The van der Waals surface area contributed by atoms with Gasteiger partial charge in [-0.3, -0.25) is 10.6 Å². The summed E-state index contributed by atoms with van der Waals surface area (Å²) in [6.45, 7) is 0.997. The maximum absolute atomic E-state index is 12.8. The number of halogens is 2. The number of hydrazine groups is 1. The van der Waals surface area contributed by atoms with Gasteiger partial charge in [0, 0.05) is 29.7 Å². The summed E-state index contributed by atoms with van der Waals surface area (Å²) in [6.07, 6.45) is 2.11. The van der Waals surface area contributed by atoms with Crippen LogP contribution in [0.15, 0.2) is 42.5 Å². The van der Waals surface area contributed by atoms with Gasteiger partial charge >= 0.3 is 16.8 Å². The third kappa shape index (κ3) is 4.84. The van der Waals surface area contributed by atoms with Crippen molar-refractivity contribution in [1.82, 2.24) is 8.98 Å². The average Bonchev–Trinajstić information content (AvgIpc) is 3.55. The number of ether oxygens (including phenoxy) is 1. The number of rotatable bonds is 9. The van der Waals surface area contributed by atoms with Crippen molar-refractivity contribution in [3.8, 4) is 23.1 Å². The van der Waals surface area contributed by atoms with Crippen LogP contribution in [0.5, 0.6) is 5.75 Å². The van der Waals surface area contributed by atoms with Crippen LogP contribution in [0.3, 0.4) is 0 Å². The van der Waals surface area contributed by atoms with Crippen molar-refractivity contribution >= 4 is 26.8 Å². The number of nitriles is 1. The van der Waals surface area contributed by atoms with Crippen LogP contribution in [0.2, 0.25) is 0 Å². The highest BCUT2D eigenvalue weighted by Gasteiger charge is 2.27. The van der Waals surface area contributed by atoms with Crippen molar-refractivity contribution in [2.24, 2.45) is 11.8 Å². The second kappa shape index (κ2) is 9.21. The fraction of sp³-hybridized carbons (Fsp3) is 0.348. The first-order chi connectivity index (χ1) is 16.1. The number of anilines is 1. The molecule has 180 valence electrons. The molecule has 1 heterocycles. The van der Waals surface area contributed by atoms with Crippen LogP contribution in [-0.2, 0) is 16.8 Å². The number of nitrogens with zero attached hydrogens (tertiary/aromatic N) is 3. The van der Waals surface area contributed by atoms with E-state index in [2.05, 4.69) is 15.5 Å². The molecule has 34 heavy (non-hydrogen) atoms. The molecular formula is C23H25F2N5O3S. The number of alkyl halides is 2. The lowest BCUT2D eigenvalue weighted by Gasteiger charge is -2.21. The lowest BCUT2D eigenvalue weighted by Crippen LogP contribution is -2.45. The SMILES string of the molecule is CC(C)N(N)S(=O)(=O)Nc1ccc(-c2c(C#N)c3ccc(OC(F)F)cc3n2CC2CC2)cc1. The Kier molecular flexibility index (Phi) is 6.49. The molecule has 1 aliphatic rings. The highest BCUT2D eigenvalue weighted by atomic mass is 32.2. The van der Waals surface area contributed by atoms with Crippen LogP contribution in [0.1, 0.15) is 32.3 Å². The molecule has 0 spiro atoms. The first-order valence-corrected chi connectivity index (χ1v) is 12.2. The van der Waals surface area contributed by atoms with Crippen LogP contribution in [0.4, 0.5) is 14.5 Å². The zero-order valence-corrected chi connectivity index (χ0v) is 19.5. The van der Waals surface area contributed by atoms with Crippen LogP contribution in [0, 0.1) is 17.2 Å². The first kappa shape index (κ1) is 23.9. The number of nitrogens with one attached hydrogen (secondary N) is 1. The molecule has 1 aromatic heterocycles. The Morgan fingerprint density at radius 3 is 2.47 bits per heavy atom. The number of aromatic nitrogens is 1. The Bertz CT molecular complexity index is 1340. The Labute approximate surface area is 196 Å². The summed E-state index contributed by atoms with van der Waals surface area (Å²) in [6, 6.07) is 13.0. The zero-order valence-electron chi connectivity index (χ0n) is 18.7. The normalized spacial score (nSPS) is 14.2. The molecule has 1 fully saturated rings. The predicted molar refractivity (Wildman–Crippen MR) is 125 cm³/mol. The number of hydrogen-bond acceptors (Lipinski definition) is 5. The molecule has 3 N–H and O–H groups in total. The smallest absolute Gasteiger partial charge is 0.387 e. The fourth-order valence-electron chi connectivity index (χ4n) is 3.84. The van der Waals surface area contributed by atoms with Crippen LogP contribution >= 0.6 is 0 Å². The number of hydrogen-bond donors (Lipinski definition) is 2. The summed E-state index contributed by atoms with van der Waals surface area (Å²) in [5.74, 6) is 6.11. The molecular weight excluding hydrogens is 464 g/mol. The predicted octanol–water partition coefficient (Wildman–Crippen LogP) is 4.43. The molecule has 1 aliphatic carbocycles. The van der Waals surface area contributed by atoms with Gasteiger partial charge in [-0.15, -0.1) is 4.41 Å². The molecule has 3 aromatic rings. The van der Waals surface area contributed by atoms with Gasteiger partial charge in [-0.1, -0.05) is 12.1 Å². The van der Waals surface area contributed by atoms with E-state index in [9.17, 15) is 22.5 Å². The molecule has 1 saturated carbocycles. The maximum Gasteiger partial charge on any atom is 0.387 e. The molecule has 0 aliphatic heterocycles. The molecule has 0 atom stereocenters. The molecule has 0 unspecified atom stereocenters. The second-order valence-corrected chi connectivity index (χ2v) is 10.1. The van der Waals surface area contributed by atoms with Gasteiger partial charge in [0.1, 0.15) is 11.8 Å². The van der Waals surface area contributed by atoms with E-state index < -0.39 is 22.9 Å². The van der Waals surface area contributed by atoms with E-state index in [1.807, 2.05) is 4.57 Å². The maximum atomic E-state index is 12.8. The van der Waals surface area contributed by atoms with Crippen LogP contribution in [0.25, 0.3) is 22.2 Å². The first-order valence-electron chi connectivity index (χ1n) is 10.8. The minimum absolute atomic E-state index is 0.0225. The summed E-state index contributed by atoms with van der Waals surface area (Å²) >= 11 is 0. The van der Waals surface area contributed by atoms with E-state index in [-0.39, 0.29) is 5.75 Å². The average molecular weight is 490 g/mol. The number of fused-ring (bicyclic) bond motifs is 1. The van der Waals surface area contributed by atoms with Crippen molar-refractivity contribution in [2.75, 3.05) is 4.72 Å². The third-order valence-corrected chi connectivity index (χ3v) is 7.17. The topological polar surface area (TPSA) is 113 Å². The largest absolute Gasteiger partial charge is 0.435 e. The molecule has 0 bridgehead atoms. The van der Waals surface area contributed by atoms with Gasteiger partial charge in [0.05, 0.1) is 16.8 Å². The number of benzene rings is 2. The van der Waals surface area contributed by atoms with E-state index in [1.54, 1.807) is 44.2 Å². The minimum atomic E-state index is -3.93. The lowest BCUT2D eigenvalue weighted by atomic mass is 10.1. The quantitative estimate of drug-likeness (QED) is 0.341. The Hall–Kier alpha value is -3.20. The summed E-state index contributed by atoms with van der Waals surface area (Å²) in [5, 5.41) is 10.6. The van der Waals surface area contributed by atoms with Gasteiger partial charge in [-0.2, -0.15) is 22.5 Å². The summed E-state index contributed by atoms with van der Waals surface area (Å²) < 4.78 is 60.0. The Morgan fingerprint density at radius 1 is 1.24 bits per heavy atom. The van der Waals surface area contributed by atoms with Gasteiger partial charge in [0.15, 0.2) is 0 Å². The van der Waals surface area contributed by atoms with Crippen molar-refractivity contribution < 1.29 is 21.9 Å². The van der Waals surface area contributed by atoms with E-state index in [4.69, 9.17) is 5.84 Å². The molecule has 0 saturated heterocycles. The van der Waals surface area contributed by atoms with E-state index in [0.29, 0.717) is 45.9 Å². The zero-order chi connectivity index (χ0) is 24.6. The van der Waals surface area contributed by atoms with E-state index >= 15 is 0 Å². The molecule has 8 nitrogen and oxygen atoms in total. The van der Waals surface area contributed by atoms with Gasteiger partial charge in [0.2, 0.25) is 0 Å². The van der Waals surface area contributed by atoms with Gasteiger partial charge in [-0.25, -0.2) is 0 Å². The number of nitrogens with two attached hydrogens (primary N) is 1. The van der Waals surface area contributed by atoms with E-state index in [1.165, 1.54) is 12.1 Å². The van der Waals surface area contributed by atoms with Crippen molar-refractivity contribution in [2.45, 2.75) is 45.9 Å². The molecule has 11 heteroatoms. The Morgan fingerprint density at radius 2 is 1.91 bits per heavy atom. The summed E-state index contributed by atoms with van der Waals surface area (Å²) in [7, 11) is -3.93. The molecule has 0 amide bonds. The van der Waals surface area contributed by atoms with E-state index in [0.717, 1.165) is 17.3 Å². The minimum Gasteiger partial charge on any atom is -0.435 e. The highest BCUT2D eigenvalue weighted by Crippen LogP contribution is 2.40. The van der Waals surface area contributed by atoms with Crippen molar-refractivity contribution in [3.05, 3.63) is 48.0 Å². The monoisotopic (exact) mass is 489 g/mol. The standard InChI is InChI=1S/C23H25F2N5O3S/c1-14(2)30(27)34(31,32)28-17-7-5-16(6-8-17)22-20(12-26)19-10-9-18(33-23(24)25)11-21(19)29(22)13-15-3-4-15/h5-11,14-15,23,28H,3-4,13,27H2,1-2H3.